The number of ether oxygens (including phenoxy) is 2. The van der Waals surface area contributed by atoms with E-state index in [0.717, 1.165) is 6.42 Å². The molecule has 1 N–H and O–H groups in total. The average molecular weight is 446 g/mol. The number of alkyl halides is 2. The molecule has 0 saturated heterocycles. The number of aromatic nitrogens is 2. The first kappa shape index (κ1) is 23.1. The van der Waals surface area contributed by atoms with Gasteiger partial charge < -0.3 is 19.3 Å². The summed E-state index contributed by atoms with van der Waals surface area (Å²) in [4.78, 5) is 18.7. The minimum Gasteiger partial charge on any atom is -0.495 e. The number of nitrogens with one attached hydrogen (secondary N) is 1. The monoisotopic (exact) mass is 446 g/mol. The zero-order valence-electron chi connectivity index (χ0n) is 17.8. The number of carbonyl (C=O) groups is 1. The van der Waals surface area contributed by atoms with Gasteiger partial charge >= 0.3 is 6.61 Å². The fraction of sp³-hybridized carbons (Fsp3) is 0.318. The highest BCUT2D eigenvalue weighted by atomic mass is 19.3. The van der Waals surface area contributed by atoms with Crippen LogP contribution in [0.1, 0.15) is 19.2 Å². The molecule has 32 heavy (non-hydrogen) atoms. The van der Waals surface area contributed by atoms with E-state index in [1.807, 2.05) is 17.9 Å². The van der Waals surface area contributed by atoms with Crippen LogP contribution in [0.3, 0.4) is 0 Å². The molecule has 0 aliphatic carbocycles. The number of para-hydroxylation sites is 3. The molecule has 0 unspecified atom stereocenters. The van der Waals surface area contributed by atoms with Crippen molar-refractivity contribution < 1.29 is 27.6 Å². The summed E-state index contributed by atoms with van der Waals surface area (Å²) in [5, 5.41) is 6.72. The van der Waals surface area contributed by atoms with Gasteiger partial charge in [-0.05, 0) is 37.2 Å². The normalized spacial score (nSPS) is 11.1. The molecule has 1 amide bonds. The van der Waals surface area contributed by atoms with Gasteiger partial charge in [0, 0.05) is 0 Å². The van der Waals surface area contributed by atoms with Crippen LogP contribution in [-0.2, 0) is 11.3 Å². The average Bonchev–Trinajstić information content (AvgIpc) is 3.22. The maximum Gasteiger partial charge on any atom is 0.387 e. The van der Waals surface area contributed by atoms with Crippen LogP contribution < -0.4 is 14.8 Å². The molecule has 3 aromatic rings. The zero-order chi connectivity index (χ0) is 22.9. The van der Waals surface area contributed by atoms with Gasteiger partial charge in [-0.25, -0.2) is 0 Å². The molecule has 0 fully saturated rings. The van der Waals surface area contributed by atoms with E-state index in [-0.39, 0.29) is 36.5 Å². The van der Waals surface area contributed by atoms with Crippen LogP contribution >= 0.6 is 0 Å². The Kier molecular flexibility index (Phi) is 8.09. The van der Waals surface area contributed by atoms with Crippen molar-refractivity contribution in [3.05, 3.63) is 54.4 Å². The Morgan fingerprint density at radius 1 is 1.16 bits per heavy atom. The van der Waals surface area contributed by atoms with Gasteiger partial charge in [0.1, 0.15) is 11.5 Å². The van der Waals surface area contributed by atoms with E-state index in [2.05, 4.69) is 20.2 Å². The zero-order valence-corrected chi connectivity index (χ0v) is 17.8. The van der Waals surface area contributed by atoms with Crippen LogP contribution in [0, 0.1) is 0 Å². The topological polar surface area (TPSA) is 89.7 Å². The van der Waals surface area contributed by atoms with E-state index in [1.165, 1.54) is 13.2 Å². The summed E-state index contributed by atoms with van der Waals surface area (Å²) in [7, 11) is 1.53. The van der Waals surface area contributed by atoms with Crippen molar-refractivity contribution in [1.82, 2.24) is 15.0 Å². The van der Waals surface area contributed by atoms with Gasteiger partial charge in [0.15, 0.2) is 0 Å². The molecule has 0 bridgehead atoms. The summed E-state index contributed by atoms with van der Waals surface area (Å²) in [5.74, 6) is 0.681. The van der Waals surface area contributed by atoms with Crippen LogP contribution in [0.5, 0.6) is 11.5 Å². The lowest BCUT2D eigenvalue weighted by molar-refractivity contribution is -0.117. The highest BCUT2D eigenvalue weighted by molar-refractivity contribution is 5.93. The molecule has 0 aliphatic rings. The Bertz CT molecular complexity index is 1030. The van der Waals surface area contributed by atoms with Crippen molar-refractivity contribution in [2.45, 2.75) is 26.5 Å². The molecule has 3 rings (SSSR count). The molecule has 0 atom stereocenters. The molecule has 0 spiro atoms. The number of anilines is 1. The Morgan fingerprint density at radius 3 is 2.59 bits per heavy atom. The van der Waals surface area contributed by atoms with Crippen molar-refractivity contribution >= 4 is 11.6 Å². The lowest BCUT2D eigenvalue weighted by Crippen LogP contribution is -2.33. The van der Waals surface area contributed by atoms with Gasteiger partial charge in [0.2, 0.25) is 17.6 Å². The van der Waals surface area contributed by atoms with Gasteiger partial charge in [0.05, 0.1) is 31.5 Å². The number of nitrogens with zero attached hydrogens (tertiary/aromatic N) is 3. The van der Waals surface area contributed by atoms with Crippen LogP contribution in [0.2, 0.25) is 0 Å². The maximum atomic E-state index is 12.7. The van der Waals surface area contributed by atoms with E-state index in [1.54, 1.807) is 36.4 Å². The SMILES string of the molecule is CCCN(CC(=O)Nc1ccccc1OC)Cc1nc(-c2ccccc2OC(F)F)no1. The smallest absolute Gasteiger partial charge is 0.387 e. The Morgan fingerprint density at radius 2 is 1.88 bits per heavy atom. The summed E-state index contributed by atoms with van der Waals surface area (Å²) >= 11 is 0. The predicted octanol–water partition coefficient (Wildman–Crippen LogP) is 4.20. The highest BCUT2D eigenvalue weighted by Crippen LogP contribution is 2.29. The maximum absolute atomic E-state index is 12.7. The first-order chi connectivity index (χ1) is 15.5. The Hall–Kier alpha value is -3.53. The lowest BCUT2D eigenvalue weighted by Gasteiger charge is -2.19. The largest absolute Gasteiger partial charge is 0.495 e. The molecule has 0 aliphatic heterocycles. The quantitative estimate of drug-likeness (QED) is 0.472. The summed E-state index contributed by atoms with van der Waals surface area (Å²) in [6.07, 6.45) is 0.800. The Labute approximate surface area is 184 Å². The van der Waals surface area contributed by atoms with Gasteiger partial charge in [-0.3, -0.25) is 9.69 Å². The van der Waals surface area contributed by atoms with E-state index in [9.17, 15) is 13.6 Å². The van der Waals surface area contributed by atoms with Crippen molar-refractivity contribution in [3.63, 3.8) is 0 Å². The number of benzene rings is 2. The van der Waals surface area contributed by atoms with Crippen LogP contribution in [0.4, 0.5) is 14.5 Å². The highest BCUT2D eigenvalue weighted by Gasteiger charge is 2.19. The Balaban J connectivity index is 1.68. The fourth-order valence-electron chi connectivity index (χ4n) is 3.14. The van der Waals surface area contributed by atoms with Gasteiger partial charge in [0.25, 0.3) is 0 Å². The van der Waals surface area contributed by atoms with Crippen molar-refractivity contribution in [2.24, 2.45) is 0 Å². The predicted molar refractivity (Wildman–Crippen MR) is 114 cm³/mol. The molecule has 1 heterocycles. The van der Waals surface area contributed by atoms with Crippen molar-refractivity contribution in [3.8, 4) is 22.9 Å². The second kappa shape index (κ2) is 11.2. The van der Waals surface area contributed by atoms with Gasteiger partial charge in [-0.2, -0.15) is 13.8 Å². The molecule has 170 valence electrons. The second-order valence-corrected chi connectivity index (χ2v) is 6.85. The van der Waals surface area contributed by atoms with Crippen molar-refractivity contribution in [2.75, 3.05) is 25.5 Å². The van der Waals surface area contributed by atoms with Crippen LogP contribution in [0.25, 0.3) is 11.4 Å². The fourth-order valence-corrected chi connectivity index (χ4v) is 3.14. The van der Waals surface area contributed by atoms with Crippen LogP contribution in [0.15, 0.2) is 53.1 Å². The third-order valence-corrected chi connectivity index (χ3v) is 4.46. The standard InChI is InChI=1S/C22H24F2N4O4/c1-3-12-28(13-19(29)25-16-9-5-7-11-18(16)30-2)14-20-26-21(27-32-20)15-8-4-6-10-17(15)31-22(23)24/h4-11,22H,3,12-14H2,1-2H3,(H,25,29). The van der Waals surface area contributed by atoms with Crippen molar-refractivity contribution in [1.29, 1.82) is 0 Å². The third kappa shape index (κ3) is 6.24. The number of methoxy groups -OCH3 is 1. The molecular weight excluding hydrogens is 422 g/mol. The molecule has 0 saturated carbocycles. The summed E-state index contributed by atoms with van der Waals surface area (Å²) in [6, 6.07) is 13.3. The number of rotatable bonds is 11. The van der Waals surface area contributed by atoms with Crippen LogP contribution in [-0.4, -0.2) is 47.8 Å². The molecular formula is C22H24F2N4O4. The number of halogens is 2. The first-order valence-corrected chi connectivity index (χ1v) is 10.0. The van der Waals surface area contributed by atoms with E-state index >= 15 is 0 Å². The number of hydrogen-bond acceptors (Lipinski definition) is 7. The molecule has 10 heteroatoms. The second-order valence-electron chi connectivity index (χ2n) is 6.85. The molecule has 8 nitrogen and oxygen atoms in total. The lowest BCUT2D eigenvalue weighted by atomic mass is 10.2. The molecule has 0 radical (unpaired) electrons. The first-order valence-electron chi connectivity index (χ1n) is 10.0. The molecule has 2 aromatic carbocycles. The minimum atomic E-state index is -2.97. The molecule has 1 aromatic heterocycles. The number of amides is 1. The summed E-state index contributed by atoms with van der Waals surface area (Å²) in [6.45, 7) is -0.0544. The van der Waals surface area contributed by atoms with E-state index in [4.69, 9.17) is 9.26 Å². The summed E-state index contributed by atoms with van der Waals surface area (Å²) < 4.78 is 40.4. The minimum absolute atomic E-state index is 0.0450. The summed E-state index contributed by atoms with van der Waals surface area (Å²) in [5.41, 5.74) is 0.867. The number of hydrogen-bond donors (Lipinski definition) is 1. The van der Waals surface area contributed by atoms with Gasteiger partial charge in [-0.1, -0.05) is 36.3 Å². The number of carbonyl (C=O) groups excluding carboxylic acids is 1. The van der Waals surface area contributed by atoms with E-state index < -0.39 is 6.61 Å². The third-order valence-electron chi connectivity index (χ3n) is 4.46. The van der Waals surface area contributed by atoms with Gasteiger partial charge in [-0.15, -0.1) is 0 Å². The van der Waals surface area contributed by atoms with E-state index in [0.29, 0.717) is 23.5 Å².